The van der Waals surface area contributed by atoms with Crippen molar-refractivity contribution in [3.05, 3.63) is 47.7 Å². The van der Waals surface area contributed by atoms with Crippen LogP contribution in [0.15, 0.2) is 40.8 Å². The van der Waals surface area contributed by atoms with Gasteiger partial charge >= 0.3 is 0 Å². The van der Waals surface area contributed by atoms with Crippen molar-refractivity contribution in [3.8, 4) is 0 Å². The molecule has 2 N–H and O–H groups in total. The first kappa shape index (κ1) is 11.9. The predicted molar refractivity (Wildman–Crippen MR) is 68.6 cm³/mol. The summed E-state index contributed by atoms with van der Waals surface area (Å²) in [7, 11) is 0. The molecule has 0 spiro atoms. The molecule has 0 amide bonds. The first-order valence-electron chi connectivity index (χ1n) is 5.75. The number of hydrogen-bond acceptors (Lipinski definition) is 3. The number of hydrogen-bond donors (Lipinski definition) is 1. The highest BCUT2D eigenvalue weighted by Crippen LogP contribution is 2.26. The highest BCUT2D eigenvalue weighted by atomic mass is 16.5. The Bertz CT molecular complexity index is 514. The lowest BCUT2D eigenvalue weighted by atomic mass is 10.1. The van der Waals surface area contributed by atoms with E-state index < -0.39 is 0 Å². The minimum absolute atomic E-state index is 0.400. The molecule has 0 atom stereocenters. The van der Waals surface area contributed by atoms with E-state index in [9.17, 15) is 0 Å². The molecular formula is C14H17NO2. The fourth-order valence-electron chi connectivity index (χ4n) is 1.80. The molecule has 0 fully saturated rings. The summed E-state index contributed by atoms with van der Waals surface area (Å²) in [6.45, 7) is 3.52. The Labute approximate surface area is 101 Å². The Morgan fingerprint density at radius 2 is 2.18 bits per heavy atom. The molecule has 2 aromatic rings. The van der Waals surface area contributed by atoms with Gasteiger partial charge in [-0.3, -0.25) is 0 Å². The van der Waals surface area contributed by atoms with Crippen LogP contribution in [0.1, 0.15) is 18.2 Å². The lowest BCUT2D eigenvalue weighted by Crippen LogP contribution is -2.00. The molecule has 90 valence electrons. The van der Waals surface area contributed by atoms with Crippen molar-refractivity contribution in [2.45, 2.75) is 20.1 Å². The molecule has 0 bridgehead atoms. The summed E-state index contributed by atoms with van der Waals surface area (Å²) < 4.78 is 11.2. The van der Waals surface area contributed by atoms with Gasteiger partial charge in [0.05, 0.1) is 19.8 Å². The monoisotopic (exact) mass is 231 g/mol. The van der Waals surface area contributed by atoms with Crippen LogP contribution in [0.2, 0.25) is 0 Å². The van der Waals surface area contributed by atoms with E-state index in [1.807, 2.05) is 43.3 Å². The Balaban J connectivity index is 2.24. The molecule has 1 aromatic heterocycles. The molecule has 3 nitrogen and oxygen atoms in total. The molecule has 0 saturated heterocycles. The highest BCUT2D eigenvalue weighted by Gasteiger charge is 2.12. The van der Waals surface area contributed by atoms with E-state index in [4.69, 9.17) is 14.9 Å². The van der Waals surface area contributed by atoms with Crippen molar-refractivity contribution >= 4 is 11.0 Å². The highest BCUT2D eigenvalue weighted by molar-refractivity contribution is 5.82. The van der Waals surface area contributed by atoms with Crippen LogP contribution >= 0.6 is 0 Å². The third-order valence-corrected chi connectivity index (χ3v) is 2.66. The number of ether oxygens (including phenoxy) is 1. The van der Waals surface area contributed by atoms with E-state index in [0.717, 1.165) is 22.3 Å². The lowest BCUT2D eigenvalue weighted by Gasteiger charge is -2.01. The van der Waals surface area contributed by atoms with Gasteiger partial charge in [-0.15, -0.1) is 0 Å². The summed E-state index contributed by atoms with van der Waals surface area (Å²) >= 11 is 0. The quantitative estimate of drug-likeness (QED) is 0.635. The fourth-order valence-corrected chi connectivity index (χ4v) is 1.80. The van der Waals surface area contributed by atoms with Crippen LogP contribution in [0, 0.1) is 0 Å². The maximum atomic E-state index is 5.68. The van der Waals surface area contributed by atoms with Gasteiger partial charge in [-0.25, -0.2) is 0 Å². The molecule has 2 rings (SSSR count). The van der Waals surface area contributed by atoms with Gasteiger partial charge in [0, 0.05) is 10.9 Å². The molecular weight excluding hydrogens is 214 g/mol. The SMILES string of the molecule is CC=CCOCc1c(CN)oc2ccccc12. The van der Waals surface area contributed by atoms with Crippen LogP contribution in [0.3, 0.4) is 0 Å². The van der Waals surface area contributed by atoms with Gasteiger partial charge in [-0.1, -0.05) is 30.4 Å². The van der Waals surface area contributed by atoms with Crippen molar-refractivity contribution in [2.24, 2.45) is 5.73 Å². The normalized spacial score (nSPS) is 11.6. The average molecular weight is 231 g/mol. The maximum absolute atomic E-state index is 5.68. The minimum Gasteiger partial charge on any atom is -0.459 e. The Kier molecular flexibility index (Phi) is 3.96. The van der Waals surface area contributed by atoms with Crippen molar-refractivity contribution in [2.75, 3.05) is 6.61 Å². The second-order valence-electron chi connectivity index (χ2n) is 3.79. The van der Waals surface area contributed by atoms with Crippen LogP contribution < -0.4 is 5.73 Å². The number of furan rings is 1. The van der Waals surface area contributed by atoms with Crippen molar-refractivity contribution < 1.29 is 9.15 Å². The number of rotatable bonds is 5. The van der Waals surface area contributed by atoms with E-state index in [0.29, 0.717) is 19.8 Å². The van der Waals surface area contributed by atoms with Crippen LogP contribution in [0.5, 0.6) is 0 Å². The fraction of sp³-hybridized carbons (Fsp3) is 0.286. The third kappa shape index (κ3) is 2.57. The molecule has 0 aliphatic heterocycles. The molecule has 0 aliphatic rings. The van der Waals surface area contributed by atoms with E-state index >= 15 is 0 Å². The first-order valence-corrected chi connectivity index (χ1v) is 5.75. The standard InChI is InChI=1S/C14H17NO2/c1-2-3-8-16-10-12-11-6-4-5-7-13(11)17-14(12)9-15/h2-7H,8-10,15H2,1H3. The van der Waals surface area contributed by atoms with Crippen LogP contribution in [-0.2, 0) is 17.9 Å². The van der Waals surface area contributed by atoms with Crippen LogP contribution in [0.4, 0.5) is 0 Å². The van der Waals surface area contributed by atoms with Crippen molar-refractivity contribution in [1.82, 2.24) is 0 Å². The van der Waals surface area contributed by atoms with Crippen LogP contribution in [0.25, 0.3) is 11.0 Å². The van der Waals surface area contributed by atoms with E-state index in [-0.39, 0.29) is 0 Å². The number of nitrogens with two attached hydrogens (primary N) is 1. The molecule has 17 heavy (non-hydrogen) atoms. The molecule has 0 aliphatic carbocycles. The molecule has 0 unspecified atom stereocenters. The zero-order valence-electron chi connectivity index (χ0n) is 9.98. The zero-order chi connectivity index (χ0) is 12.1. The Morgan fingerprint density at radius 1 is 1.35 bits per heavy atom. The van der Waals surface area contributed by atoms with Crippen molar-refractivity contribution in [1.29, 1.82) is 0 Å². The molecule has 0 saturated carbocycles. The number of allylic oxidation sites excluding steroid dienone is 1. The third-order valence-electron chi connectivity index (χ3n) is 2.66. The van der Waals surface area contributed by atoms with Gasteiger partial charge in [0.15, 0.2) is 0 Å². The van der Waals surface area contributed by atoms with Gasteiger partial charge in [0.25, 0.3) is 0 Å². The number of fused-ring (bicyclic) bond motifs is 1. The van der Waals surface area contributed by atoms with Gasteiger partial charge in [0.2, 0.25) is 0 Å². The molecule has 0 radical (unpaired) electrons. The van der Waals surface area contributed by atoms with E-state index in [1.165, 1.54) is 0 Å². The second kappa shape index (κ2) is 5.66. The number of benzene rings is 1. The van der Waals surface area contributed by atoms with E-state index in [1.54, 1.807) is 0 Å². The largest absolute Gasteiger partial charge is 0.459 e. The van der Waals surface area contributed by atoms with E-state index in [2.05, 4.69) is 0 Å². The van der Waals surface area contributed by atoms with Gasteiger partial charge in [-0.2, -0.15) is 0 Å². The van der Waals surface area contributed by atoms with Crippen molar-refractivity contribution in [3.63, 3.8) is 0 Å². The van der Waals surface area contributed by atoms with Gasteiger partial charge in [0.1, 0.15) is 11.3 Å². The Hall–Kier alpha value is -1.58. The molecule has 3 heteroatoms. The minimum atomic E-state index is 0.400. The van der Waals surface area contributed by atoms with Gasteiger partial charge in [-0.05, 0) is 13.0 Å². The molecule has 1 heterocycles. The lowest BCUT2D eigenvalue weighted by molar-refractivity contribution is 0.148. The van der Waals surface area contributed by atoms with Crippen LogP contribution in [-0.4, -0.2) is 6.61 Å². The zero-order valence-corrected chi connectivity index (χ0v) is 9.98. The summed E-state index contributed by atoms with van der Waals surface area (Å²) in [6.07, 6.45) is 3.95. The summed E-state index contributed by atoms with van der Waals surface area (Å²) in [5, 5.41) is 1.09. The van der Waals surface area contributed by atoms with Gasteiger partial charge < -0.3 is 14.9 Å². The topological polar surface area (TPSA) is 48.4 Å². The predicted octanol–water partition coefficient (Wildman–Crippen LogP) is 2.98. The Morgan fingerprint density at radius 3 is 2.94 bits per heavy atom. The smallest absolute Gasteiger partial charge is 0.134 e. The first-order chi connectivity index (χ1) is 8.36. The summed E-state index contributed by atoms with van der Waals surface area (Å²) in [4.78, 5) is 0. The molecule has 1 aromatic carbocycles. The number of para-hydroxylation sites is 1. The average Bonchev–Trinajstić information content (AvgIpc) is 2.73. The summed E-state index contributed by atoms with van der Waals surface area (Å²) in [5.41, 5.74) is 7.62. The maximum Gasteiger partial charge on any atom is 0.134 e. The summed E-state index contributed by atoms with van der Waals surface area (Å²) in [5.74, 6) is 0.812. The second-order valence-corrected chi connectivity index (χ2v) is 3.79. The summed E-state index contributed by atoms with van der Waals surface area (Å²) in [6, 6.07) is 7.93.